The van der Waals surface area contributed by atoms with Crippen LogP contribution in [0.1, 0.15) is 0 Å². The molecule has 0 fully saturated rings. The molecule has 290 valence electrons. The zero-order valence-corrected chi connectivity index (χ0v) is 33.7. The minimum absolute atomic E-state index is 0.681. The van der Waals surface area contributed by atoms with E-state index in [1.165, 1.54) is 32.9 Å². The van der Waals surface area contributed by atoms with Crippen molar-refractivity contribution in [2.24, 2.45) is 0 Å². The van der Waals surface area contributed by atoms with Gasteiger partial charge in [0.2, 0.25) is 0 Å². The van der Waals surface area contributed by atoms with Gasteiger partial charge in [-0.1, -0.05) is 170 Å². The van der Waals surface area contributed by atoms with E-state index in [0.29, 0.717) is 5.82 Å². The van der Waals surface area contributed by atoms with Crippen molar-refractivity contribution in [3.63, 3.8) is 0 Å². The molecule has 0 radical (unpaired) electrons. The van der Waals surface area contributed by atoms with Gasteiger partial charge in [-0.15, -0.1) is 0 Å². The Bertz CT molecular complexity index is 3620. The monoisotopic (exact) mass is 790 g/mol. The minimum atomic E-state index is 0.681. The summed E-state index contributed by atoms with van der Waals surface area (Å²) in [4.78, 5) is 10.9. The van der Waals surface area contributed by atoms with Crippen molar-refractivity contribution in [1.29, 1.82) is 0 Å². The Labute approximate surface area is 359 Å². The van der Waals surface area contributed by atoms with Crippen molar-refractivity contribution >= 4 is 43.7 Å². The van der Waals surface area contributed by atoms with Crippen molar-refractivity contribution < 1.29 is 0 Å². The molecule has 62 heavy (non-hydrogen) atoms. The highest BCUT2D eigenvalue weighted by atomic mass is 15.1. The fourth-order valence-electron chi connectivity index (χ4n) is 9.33. The molecule has 0 aliphatic carbocycles. The molecule has 0 amide bonds. The Morgan fingerprint density at radius 3 is 1.44 bits per heavy atom. The third-order valence-electron chi connectivity index (χ3n) is 12.1. The largest absolute Gasteiger partial charge is 0.309 e. The average Bonchev–Trinajstić information content (AvgIpc) is 3.88. The van der Waals surface area contributed by atoms with E-state index < -0.39 is 0 Å². The van der Waals surface area contributed by atoms with Crippen LogP contribution in [0.2, 0.25) is 0 Å². The normalized spacial score (nSPS) is 11.5. The first-order valence-corrected chi connectivity index (χ1v) is 21.1. The number of hydrogen-bond donors (Lipinski definition) is 0. The molecule has 0 unspecified atom stereocenters. The van der Waals surface area contributed by atoms with E-state index in [2.05, 4.69) is 240 Å². The Morgan fingerprint density at radius 1 is 0.290 bits per heavy atom. The fourth-order valence-corrected chi connectivity index (χ4v) is 9.33. The van der Waals surface area contributed by atoms with E-state index in [1.54, 1.807) is 0 Å². The average molecular weight is 791 g/mol. The minimum Gasteiger partial charge on any atom is -0.309 e. The summed E-state index contributed by atoms with van der Waals surface area (Å²) in [5, 5.41) is 4.63. The maximum Gasteiger partial charge on any atom is 0.162 e. The van der Waals surface area contributed by atoms with Gasteiger partial charge in [0, 0.05) is 38.7 Å². The first kappa shape index (κ1) is 35.6. The molecule has 4 nitrogen and oxygen atoms in total. The Hall–Kier alpha value is -8.34. The van der Waals surface area contributed by atoms with Crippen molar-refractivity contribution in [2.45, 2.75) is 0 Å². The van der Waals surface area contributed by atoms with Gasteiger partial charge < -0.3 is 4.57 Å². The van der Waals surface area contributed by atoms with Crippen molar-refractivity contribution in [1.82, 2.24) is 19.1 Å². The molecular formula is C58H38N4. The van der Waals surface area contributed by atoms with E-state index >= 15 is 0 Å². The van der Waals surface area contributed by atoms with Gasteiger partial charge in [-0.05, 0) is 94.0 Å². The third kappa shape index (κ3) is 5.92. The van der Waals surface area contributed by atoms with E-state index in [9.17, 15) is 0 Å². The van der Waals surface area contributed by atoms with Gasteiger partial charge in [0.1, 0.15) is 5.65 Å². The molecule has 0 spiro atoms. The van der Waals surface area contributed by atoms with Crippen LogP contribution in [0, 0.1) is 0 Å². The highest BCUT2D eigenvalue weighted by Crippen LogP contribution is 2.42. The van der Waals surface area contributed by atoms with E-state index in [1.807, 2.05) is 0 Å². The second-order valence-electron chi connectivity index (χ2n) is 15.8. The van der Waals surface area contributed by atoms with Crippen LogP contribution in [0.4, 0.5) is 0 Å². The number of rotatable bonds is 7. The topological polar surface area (TPSA) is 35.6 Å². The number of benzene rings is 9. The number of para-hydroxylation sites is 4. The first-order valence-electron chi connectivity index (χ1n) is 21.1. The molecule has 3 aromatic heterocycles. The lowest BCUT2D eigenvalue weighted by Crippen LogP contribution is -1.99. The SMILES string of the molecule is c1ccc(-c2cccc(-c3nc(-c4cccc(-c5cccc(-c6cccc7c6c6ccccc6n7-c6ccccc6)c5)c4)c4c5ccccc5n(-c5ccccc5)c4n3)c2)cc1. The Kier molecular flexibility index (Phi) is 8.46. The van der Waals surface area contributed by atoms with Gasteiger partial charge in [0.15, 0.2) is 5.82 Å². The summed E-state index contributed by atoms with van der Waals surface area (Å²) in [5.41, 5.74) is 16.4. The van der Waals surface area contributed by atoms with Gasteiger partial charge in [-0.25, -0.2) is 9.97 Å². The molecule has 0 aliphatic heterocycles. The van der Waals surface area contributed by atoms with Crippen molar-refractivity contribution in [3.8, 4) is 67.4 Å². The summed E-state index contributed by atoms with van der Waals surface area (Å²) in [6.07, 6.45) is 0. The molecule has 12 aromatic rings. The van der Waals surface area contributed by atoms with Gasteiger partial charge in [-0.2, -0.15) is 0 Å². The molecule has 12 rings (SSSR count). The van der Waals surface area contributed by atoms with Crippen molar-refractivity contribution in [2.75, 3.05) is 0 Å². The van der Waals surface area contributed by atoms with Crippen LogP contribution in [-0.4, -0.2) is 19.1 Å². The van der Waals surface area contributed by atoms with Crippen LogP contribution in [-0.2, 0) is 0 Å². The highest BCUT2D eigenvalue weighted by Gasteiger charge is 2.22. The molecule has 0 saturated carbocycles. The lowest BCUT2D eigenvalue weighted by atomic mass is 9.94. The first-order chi connectivity index (χ1) is 30.8. The Balaban J connectivity index is 1.04. The van der Waals surface area contributed by atoms with Crippen LogP contribution in [0.5, 0.6) is 0 Å². The number of aromatic nitrogens is 4. The quantitative estimate of drug-likeness (QED) is 0.161. The van der Waals surface area contributed by atoms with Gasteiger partial charge in [-0.3, -0.25) is 4.57 Å². The van der Waals surface area contributed by atoms with E-state index in [0.717, 1.165) is 72.4 Å². The molecule has 3 heterocycles. The Morgan fingerprint density at radius 2 is 0.742 bits per heavy atom. The molecular weight excluding hydrogens is 753 g/mol. The molecule has 9 aromatic carbocycles. The van der Waals surface area contributed by atoms with Crippen LogP contribution in [0.3, 0.4) is 0 Å². The summed E-state index contributed by atoms with van der Waals surface area (Å²) in [6, 6.07) is 82.1. The number of hydrogen-bond acceptors (Lipinski definition) is 2. The zero-order valence-electron chi connectivity index (χ0n) is 33.7. The second kappa shape index (κ2) is 14.7. The van der Waals surface area contributed by atoms with Crippen molar-refractivity contribution in [3.05, 3.63) is 231 Å². The van der Waals surface area contributed by atoms with Crippen LogP contribution < -0.4 is 0 Å². The van der Waals surface area contributed by atoms with Gasteiger partial charge in [0.05, 0.1) is 27.6 Å². The molecule has 0 atom stereocenters. The van der Waals surface area contributed by atoms with Crippen LogP contribution >= 0.6 is 0 Å². The summed E-state index contributed by atoms with van der Waals surface area (Å²) < 4.78 is 4.66. The van der Waals surface area contributed by atoms with E-state index in [4.69, 9.17) is 9.97 Å². The molecule has 4 heteroatoms. The third-order valence-corrected chi connectivity index (χ3v) is 12.1. The number of nitrogens with zero attached hydrogens (tertiary/aromatic N) is 4. The summed E-state index contributed by atoms with van der Waals surface area (Å²) in [6.45, 7) is 0. The van der Waals surface area contributed by atoms with Crippen LogP contribution in [0.15, 0.2) is 231 Å². The highest BCUT2D eigenvalue weighted by molar-refractivity contribution is 6.16. The molecule has 0 bridgehead atoms. The molecule has 0 saturated heterocycles. The number of fused-ring (bicyclic) bond motifs is 6. The van der Waals surface area contributed by atoms with Gasteiger partial charge >= 0.3 is 0 Å². The zero-order chi connectivity index (χ0) is 41.0. The smallest absolute Gasteiger partial charge is 0.162 e. The van der Waals surface area contributed by atoms with E-state index in [-0.39, 0.29) is 0 Å². The summed E-state index contributed by atoms with van der Waals surface area (Å²) in [7, 11) is 0. The predicted molar refractivity (Wildman–Crippen MR) is 258 cm³/mol. The maximum absolute atomic E-state index is 5.50. The lowest BCUT2D eigenvalue weighted by molar-refractivity contribution is 1.11. The summed E-state index contributed by atoms with van der Waals surface area (Å²) in [5.74, 6) is 0.681. The lowest BCUT2D eigenvalue weighted by Gasteiger charge is -2.13. The molecule has 0 N–H and O–H groups in total. The second-order valence-corrected chi connectivity index (χ2v) is 15.8. The fraction of sp³-hybridized carbons (Fsp3) is 0. The van der Waals surface area contributed by atoms with Crippen LogP contribution in [0.25, 0.3) is 111 Å². The summed E-state index contributed by atoms with van der Waals surface area (Å²) >= 11 is 0. The maximum atomic E-state index is 5.50. The van der Waals surface area contributed by atoms with Gasteiger partial charge in [0.25, 0.3) is 0 Å². The standard InChI is InChI=1S/C58H38N4/c1-4-18-39(19-5-1)40-20-16-25-45(38-40)57-59-56(55-50-31-11-13-34-52(50)62(58(55)60-57)47-28-8-3-9-29-47)44-24-15-22-42(37-44)41-21-14-23-43(36-41)48-32-17-35-53-54(48)49-30-10-12-33-51(49)61(53)46-26-6-2-7-27-46/h1-38H. The molecule has 0 aliphatic rings. The predicted octanol–water partition coefficient (Wildman–Crippen LogP) is 15.0.